The number of halogens is 1. The molecule has 3 heteroatoms. The molecule has 0 aromatic heterocycles. The van der Waals surface area contributed by atoms with Crippen LogP contribution in [-0.2, 0) is 10.2 Å². The van der Waals surface area contributed by atoms with Gasteiger partial charge in [0, 0.05) is 10.9 Å². The van der Waals surface area contributed by atoms with Gasteiger partial charge in [-0.3, -0.25) is 0 Å². The van der Waals surface area contributed by atoms with Crippen LogP contribution in [0.5, 0.6) is 0 Å². The predicted molar refractivity (Wildman–Crippen MR) is 80.6 cm³/mol. The Labute approximate surface area is 123 Å². The van der Waals surface area contributed by atoms with Crippen LogP contribution in [-0.4, -0.2) is 18.9 Å². The van der Waals surface area contributed by atoms with Gasteiger partial charge in [-0.25, -0.2) is 0 Å². The maximum atomic E-state index is 11.5. The van der Waals surface area contributed by atoms with Crippen molar-refractivity contribution >= 4 is 21.7 Å². The minimum absolute atomic E-state index is 0.292. The van der Waals surface area contributed by atoms with E-state index in [0.29, 0.717) is 23.5 Å². The minimum atomic E-state index is 0.292. The summed E-state index contributed by atoms with van der Waals surface area (Å²) in [7, 11) is 0. The third-order valence-electron chi connectivity index (χ3n) is 4.75. The van der Waals surface area contributed by atoms with Gasteiger partial charge in [-0.1, -0.05) is 28.1 Å². The first kappa shape index (κ1) is 13.3. The number of hydrogen-bond acceptors (Lipinski definition) is 2. The normalized spacial score (nSPS) is 24.4. The van der Waals surface area contributed by atoms with Crippen molar-refractivity contribution in [2.24, 2.45) is 0 Å². The van der Waals surface area contributed by atoms with E-state index in [0.717, 1.165) is 19.5 Å². The molecule has 1 heterocycles. The number of piperidine rings is 1. The molecule has 1 fully saturated rings. The van der Waals surface area contributed by atoms with Crippen molar-refractivity contribution in [3.63, 3.8) is 0 Å². The van der Waals surface area contributed by atoms with E-state index in [9.17, 15) is 4.79 Å². The molecule has 0 radical (unpaired) electrons. The Kier molecular flexibility index (Phi) is 3.52. The first-order valence-electron chi connectivity index (χ1n) is 7.11. The summed E-state index contributed by atoms with van der Waals surface area (Å²) in [6.45, 7) is 3.90. The number of ketones is 1. The largest absolute Gasteiger partial charge is 0.317 e. The van der Waals surface area contributed by atoms with E-state index in [1.165, 1.54) is 28.4 Å². The molecule has 19 heavy (non-hydrogen) atoms. The second kappa shape index (κ2) is 5.02. The fourth-order valence-electron chi connectivity index (χ4n) is 4.01. The fourth-order valence-corrected chi connectivity index (χ4v) is 4.81. The molecular weight excluding hydrogens is 302 g/mol. The SMILES string of the molecule is CC(=O)CC1CC2(CCNCC2)c2c(Br)cccc21. The fraction of sp³-hybridized carbons (Fsp3) is 0.562. The van der Waals surface area contributed by atoms with E-state index in [1.54, 1.807) is 6.92 Å². The van der Waals surface area contributed by atoms with Crippen molar-refractivity contribution in [3.8, 4) is 0 Å². The van der Waals surface area contributed by atoms with E-state index in [4.69, 9.17) is 0 Å². The Morgan fingerprint density at radius 3 is 2.84 bits per heavy atom. The highest BCUT2D eigenvalue weighted by molar-refractivity contribution is 9.10. The Morgan fingerprint density at radius 1 is 1.42 bits per heavy atom. The lowest BCUT2D eigenvalue weighted by atomic mass is 9.73. The van der Waals surface area contributed by atoms with Gasteiger partial charge in [0.05, 0.1) is 0 Å². The van der Waals surface area contributed by atoms with E-state index < -0.39 is 0 Å². The summed E-state index contributed by atoms with van der Waals surface area (Å²) in [6.07, 6.45) is 4.22. The van der Waals surface area contributed by atoms with Crippen LogP contribution in [0.15, 0.2) is 22.7 Å². The van der Waals surface area contributed by atoms with Gasteiger partial charge < -0.3 is 10.1 Å². The summed E-state index contributed by atoms with van der Waals surface area (Å²) < 4.78 is 1.23. The summed E-state index contributed by atoms with van der Waals surface area (Å²) in [5.74, 6) is 0.727. The zero-order valence-electron chi connectivity index (χ0n) is 11.3. The van der Waals surface area contributed by atoms with Crippen molar-refractivity contribution < 1.29 is 4.79 Å². The van der Waals surface area contributed by atoms with Crippen LogP contribution < -0.4 is 5.32 Å². The average Bonchev–Trinajstić information content (AvgIpc) is 2.65. The molecule has 0 bridgehead atoms. The number of carbonyl (C=O) groups excluding carboxylic acids is 1. The highest BCUT2D eigenvalue weighted by Gasteiger charge is 2.45. The Hall–Kier alpha value is -0.670. The van der Waals surface area contributed by atoms with Crippen molar-refractivity contribution in [2.45, 2.75) is 43.9 Å². The number of fused-ring (bicyclic) bond motifs is 2. The molecule has 1 aliphatic heterocycles. The molecule has 2 aliphatic rings. The molecule has 3 rings (SSSR count). The third kappa shape index (κ3) is 2.27. The summed E-state index contributed by atoms with van der Waals surface area (Å²) in [5.41, 5.74) is 3.19. The Balaban J connectivity index is 2.05. The van der Waals surface area contributed by atoms with Gasteiger partial charge in [-0.2, -0.15) is 0 Å². The van der Waals surface area contributed by atoms with Crippen molar-refractivity contribution in [1.82, 2.24) is 5.32 Å². The van der Waals surface area contributed by atoms with Gasteiger partial charge >= 0.3 is 0 Å². The molecule has 102 valence electrons. The third-order valence-corrected chi connectivity index (χ3v) is 5.41. The van der Waals surface area contributed by atoms with Crippen molar-refractivity contribution in [3.05, 3.63) is 33.8 Å². The van der Waals surface area contributed by atoms with E-state index >= 15 is 0 Å². The van der Waals surface area contributed by atoms with Gasteiger partial charge in [0.2, 0.25) is 0 Å². The van der Waals surface area contributed by atoms with Crippen molar-refractivity contribution in [1.29, 1.82) is 0 Å². The summed E-state index contributed by atoms with van der Waals surface area (Å²) in [4.78, 5) is 11.5. The zero-order chi connectivity index (χ0) is 13.5. The average molecular weight is 322 g/mol. The maximum Gasteiger partial charge on any atom is 0.130 e. The number of hydrogen-bond donors (Lipinski definition) is 1. The molecule has 1 saturated heterocycles. The van der Waals surface area contributed by atoms with Crippen LogP contribution in [0.25, 0.3) is 0 Å². The number of carbonyl (C=O) groups is 1. The van der Waals surface area contributed by atoms with E-state index in [1.807, 2.05) is 0 Å². The molecule has 1 aliphatic carbocycles. The van der Waals surface area contributed by atoms with Gasteiger partial charge in [-0.05, 0) is 67.8 Å². The second-order valence-electron chi connectivity index (χ2n) is 6.04. The molecule has 1 unspecified atom stereocenters. The van der Waals surface area contributed by atoms with E-state index in [-0.39, 0.29) is 0 Å². The monoisotopic (exact) mass is 321 g/mol. The molecule has 0 amide bonds. The van der Waals surface area contributed by atoms with Gasteiger partial charge in [-0.15, -0.1) is 0 Å². The van der Waals surface area contributed by atoms with Crippen LogP contribution >= 0.6 is 15.9 Å². The summed E-state index contributed by atoms with van der Waals surface area (Å²) >= 11 is 3.75. The molecule has 1 aromatic carbocycles. The lowest BCUT2D eigenvalue weighted by molar-refractivity contribution is -0.117. The molecule has 1 aromatic rings. The Bertz CT molecular complexity index is 505. The number of Topliss-reactive ketones (excluding diaryl/α,β-unsaturated/α-hetero) is 1. The summed E-state index contributed by atoms with van der Waals surface area (Å²) in [6, 6.07) is 6.49. The topological polar surface area (TPSA) is 29.1 Å². The predicted octanol–water partition coefficient (Wildman–Crippen LogP) is 3.54. The highest BCUT2D eigenvalue weighted by atomic mass is 79.9. The lowest BCUT2D eigenvalue weighted by Crippen LogP contribution is -2.38. The molecule has 0 saturated carbocycles. The maximum absolute atomic E-state index is 11.5. The van der Waals surface area contributed by atoms with Crippen LogP contribution in [0.1, 0.15) is 49.7 Å². The molecule has 1 spiro atoms. The van der Waals surface area contributed by atoms with Crippen molar-refractivity contribution in [2.75, 3.05) is 13.1 Å². The zero-order valence-corrected chi connectivity index (χ0v) is 12.9. The molecule has 2 nitrogen and oxygen atoms in total. The van der Waals surface area contributed by atoms with Gasteiger partial charge in [0.1, 0.15) is 5.78 Å². The smallest absolute Gasteiger partial charge is 0.130 e. The number of benzene rings is 1. The van der Waals surface area contributed by atoms with Crippen LogP contribution in [0.3, 0.4) is 0 Å². The van der Waals surface area contributed by atoms with Crippen LogP contribution in [0, 0.1) is 0 Å². The standard InChI is InChI=1S/C16H20BrNO/c1-11(19)9-12-10-16(5-7-18-8-6-16)15-13(12)3-2-4-14(15)17/h2-4,12,18H,5-10H2,1H3. The van der Waals surface area contributed by atoms with Crippen LogP contribution in [0.4, 0.5) is 0 Å². The number of rotatable bonds is 2. The molecular formula is C16H20BrNO. The second-order valence-corrected chi connectivity index (χ2v) is 6.90. The lowest BCUT2D eigenvalue weighted by Gasteiger charge is -2.36. The van der Waals surface area contributed by atoms with Gasteiger partial charge in [0.25, 0.3) is 0 Å². The number of nitrogens with one attached hydrogen (secondary N) is 1. The highest BCUT2D eigenvalue weighted by Crippen LogP contribution is 2.54. The first-order chi connectivity index (χ1) is 9.12. The minimum Gasteiger partial charge on any atom is -0.317 e. The van der Waals surface area contributed by atoms with Gasteiger partial charge in [0.15, 0.2) is 0 Å². The molecule has 1 atom stereocenters. The van der Waals surface area contributed by atoms with Crippen LogP contribution in [0.2, 0.25) is 0 Å². The molecule has 1 N–H and O–H groups in total. The quantitative estimate of drug-likeness (QED) is 0.902. The summed E-state index contributed by atoms with van der Waals surface area (Å²) in [5, 5.41) is 3.46. The first-order valence-corrected chi connectivity index (χ1v) is 7.91. The van der Waals surface area contributed by atoms with E-state index in [2.05, 4.69) is 39.4 Å². The Morgan fingerprint density at radius 2 is 2.16 bits per heavy atom.